The number of rotatable bonds is 4. The highest BCUT2D eigenvalue weighted by Gasteiger charge is 2.18. The summed E-state index contributed by atoms with van der Waals surface area (Å²) in [6, 6.07) is 6.51. The lowest BCUT2D eigenvalue weighted by Gasteiger charge is -2.36. The van der Waals surface area contributed by atoms with Crippen LogP contribution in [-0.2, 0) is 4.79 Å². The maximum absolute atomic E-state index is 10.4. The van der Waals surface area contributed by atoms with Crippen LogP contribution >= 0.6 is 0 Å². The largest absolute Gasteiger partial charge is 0.369 e. The minimum Gasteiger partial charge on any atom is -0.369 e. The monoisotopic (exact) mass is 246 g/mol. The summed E-state index contributed by atoms with van der Waals surface area (Å²) in [5.41, 5.74) is 4.11. The summed E-state index contributed by atoms with van der Waals surface area (Å²) in [5.74, 6) is 0. The lowest BCUT2D eigenvalue weighted by Crippen LogP contribution is -2.46. The van der Waals surface area contributed by atoms with Gasteiger partial charge in [0.1, 0.15) is 6.29 Å². The number of carbonyl (C=O) groups excluding carboxylic acids is 1. The van der Waals surface area contributed by atoms with Gasteiger partial charge in [0, 0.05) is 44.8 Å². The van der Waals surface area contributed by atoms with Gasteiger partial charge in [0.15, 0.2) is 0 Å². The topological polar surface area (TPSA) is 23.6 Å². The van der Waals surface area contributed by atoms with Gasteiger partial charge in [-0.05, 0) is 31.0 Å². The Morgan fingerprint density at radius 2 is 1.89 bits per heavy atom. The summed E-state index contributed by atoms with van der Waals surface area (Å²) in [6.07, 6.45) is 1.67. The van der Waals surface area contributed by atoms with Crippen LogP contribution in [0.1, 0.15) is 17.5 Å². The first kappa shape index (κ1) is 13.1. The van der Waals surface area contributed by atoms with Crippen LogP contribution in [0.25, 0.3) is 0 Å². The highest BCUT2D eigenvalue weighted by molar-refractivity contribution is 5.56. The molecule has 1 fully saturated rings. The maximum atomic E-state index is 10.4. The number of piperazine rings is 1. The molecule has 0 aromatic heterocycles. The van der Waals surface area contributed by atoms with Gasteiger partial charge in [-0.3, -0.25) is 4.90 Å². The lowest BCUT2D eigenvalue weighted by molar-refractivity contribution is -0.108. The summed E-state index contributed by atoms with van der Waals surface area (Å²) >= 11 is 0. The molecule has 1 aromatic carbocycles. The van der Waals surface area contributed by atoms with Gasteiger partial charge in [-0.25, -0.2) is 0 Å². The molecular weight excluding hydrogens is 224 g/mol. The smallest absolute Gasteiger partial charge is 0.121 e. The minimum atomic E-state index is 0.656. The van der Waals surface area contributed by atoms with Crippen molar-refractivity contribution in [1.82, 2.24) is 4.90 Å². The summed E-state index contributed by atoms with van der Waals surface area (Å²) in [6.45, 7) is 9.50. The molecule has 1 saturated heterocycles. The van der Waals surface area contributed by atoms with E-state index in [2.05, 4.69) is 41.8 Å². The summed E-state index contributed by atoms with van der Waals surface area (Å²) in [5, 5.41) is 0. The normalized spacial score (nSPS) is 16.9. The third-order valence-corrected chi connectivity index (χ3v) is 3.85. The van der Waals surface area contributed by atoms with E-state index in [1.807, 2.05) is 0 Å². The molecule has 98 valence electrons. The van der Waals surface area contributed by atoms with Crippen molar-refractivity contribution in [2.75, 3.05) is 37.6 Å². The lowest BCUT2D eigenvalue weighted by atomic mass is 10.1. The van der Waals surface area contributed by atoms with Crippen LogP contribution in [-0.4, -0.2) is 43.9 Å². The second-order valence-corrected chi connectivity index (χ2v) is 5.00. The summed E-state index contributed by atoms with van der Waals surface area (Å²) < 4.78 is 0. The number of hydrogen-bond donors (Lipinski definition) is 0. The molecule has 0 amide bonds. The van der Waals surface area contributed by atoms with E-state index in [-0.39, 0.29) is 0 Å². The average molecular weight is 246 g/mol. The van der Waals surface area contributed by atoms with Gasteiger partial charge in [0.05, 0.1) is 0 Å². The Kier molecular flexibility index (Phi) is 4.37. The van der Waals surface area contributed by atoms with Crippen LogP contribution in [0.15, 0.2) is 18.2 Å². The summed E-state index contributed by atoms with van der Waals surface area (Å²) in [4.78, 5) is 15.2. The van der Waals surface area contributed by atoms with Crippen molar-refractivity contribution in [3.63, 3.8) is 0 Å². The van der Waals surface area contributed by atoms with Crippen LogP contribution in [0.3, 0.4) is 0 Å². The number of aldehydes is 1. The number of anilines is 1. The molecule has 0 radical (unpaired) electrons. The van der Waals surface area contributed by atoms with Crippen LogP contribution < -0.4 is 4.90 Å². The Labute approximate surface area is 109 Å². The Hall–Kier alpha value is -1.35. The van der Waals surface area contributed by atoms with Crippen molar-refractivity contribution in [3.05, 3.63) is 29.3 Å². The standard InChI is InChI=1S/C15H22N2O/c1-13-5-3-6-15(14(13)2)17-10-8-16(9-11-17)7-4-12-18/h3,5-6,12H,4,7-11H2,1-2H3. The Balaban J connectivity index is 1.97. The molecule has 2 rings (SSSR count). The third-order valence-electron chi connectivity index (χ3n) is 3.85. The van der Waals surface area contributed by atoms with Gasteiger partial charge < -0.3 is 9.69 Å². The van der Waals surface area contributed by atoms with Gasteiger partial charge in [-0.2, -0.15) is 0 Å². The fraction of sp³-hybridized carbons (Fsp3) is 0.533. The average Bonchev–Trinajstić information content (AvgIpc) is 2.40. The van der Waals surface area contributed by atoms with Crippen LogP contribution in [0, 0.1) is 13.8 Å². The molecule has 0 aliphatic carbocycles. The molecule has 1 heterocycles. The van der Waals surface area contributed by atoms with E-state index < -0.39 is 0 Å². The van der Waals surface area contributed by atoms with Crippen molar-refractivity contribution in [1.29, 1.82) is 0 Å². The Bertz CT molecular complexity index is 409. The Morgan fingerprint density at radius 3 is 2.56 bits per heavy atom. The van der Waals surface area contributed by atoms with E-state index in [0.29, 0.717) is 6.42 Å². The molecule has 1 aliphatic heterocycles. The molecule has 0 unspecified atom stereocenters. The van der Waals surface area contributed by atoms with E-state index >= 15 is 0 Å². The van der Waals surface area contributed by atoms with Gasteiger partial charge in [-0.1, -0.05) is 12.1 Å². The van der Waals surface area contributed by atoms with E-state index in [1.54, 1.807) is 0 Å². The first-order valence-electron chi connectivity index (χ1n) is 6.69. The second-order valence-electron chi connectivity index (χ2n) is 5.00. The van der Waals surface area contributed by atoms with Crippen molar-refractivity contribution >= 4 is 12.0 Å². The number of benzene rings is 1. The van der Waals surface area contributed by atoms with Gasteiger partial charge in [0.2, 0.25) is 0 Å². The Morgan fingerprint density at radius 1 is 1.17 bits per heavy atom. The van der Waals surface area contributed by atoms with Gasteiger partial charge in [0.25, 0.3) is 0 Å². The molecule has 1 aromatic rings. The highest BCUT2D eigenvalue weighted by Crippen LogP contribution is 2.23. The quantitative estimate of drug-likeness (QED) is 0.759. The summed E-state index contributed by atoms with van der Waals surface area (Å²) in [7, 11) is 0. The predicted octanol–water partition coefficient (Wildman–Crippen LogP) is 2.01. The first-order valence-corrected chi connectivity index (χ1v) is 6.69. The van der Waals surface area contributed by atoms with E-state index in [0.717, 1.165) is 39.0 Å². The zero-order chi connectivity index (χ0) is 13.0. The van der Waals surface area contributed by atoms with Gasteiger partial charge in [-0.15, -0.1) is 0 Å². The van der Waals surface area contributed by atoms with Crippen LogP contribution in [0.5, 0.6) is 0 Å². The van der Waals surface area contributed by atoms with E-state index in [9.17, 15) is 4.79 Å². The number of hydrogen-bond acceptors (Lipinski definition) is 3. The molecule has 18 heavy (non-hydrogen) atoms. The first-order chi connectivity index (χ1) is 8.72. The molecule has 3 heteroatoms. The number of aryl methyl sites for hydroxylation is 1. The fourth-order valence-corrected chi connectivity index (χ4v) is 2.53. The molecule has 0 atom stereocenters. The minimum absolute atomic E-state index is 0.656. The SMILES string of the molecule is Cc1cccc(N2CCN(CCC=O)CC2)c1C. The molecule has 0 spiro atoms. The fourth-order valence-electron chi connectivity index (χ4n) is 2.53. The molecule has 0 bridgehead atoms. The molecule has 0 N–H and O–H groups in total. The second kappa shape index (κ2) is 6.01. The van der Waals surface area contributed by atoms with Crippen molar-refractivity contribution in [3.8, 4) is 0 Å². The predicted molar refractivity (Wildman–Crippen MR) is 75.3 cm³/mol. The molecular formula is C15H22N2O. The van der Waals surface area contributed by atoms with Crippen molar-refractivity contribution < 1.29 is 4.79 Å². The maximum Gasteiger partial charge on any atom is 0.121 e. The van der Waals surface area contributed by atoms with Gasteiger partial charge >= 0.3 is 0 Å². The van der Waals surface area contributed by atoms with Crippen LogP contribution in [0.2, 0.25) is 0 Å². The molecule has 0 saturated carbocycles. The zero-order valence-electron chi connectivity index (χ0n) is 11.4. The third kappa shape index (κ3) is 2.91. The number of carbonyl (C=O) groups is 1. The van der Waals surface area contributed by atoms with E-state index in [1.165, 1.54) is 16.8 Å². The van der Waals surface area contributed by atoms with E-state index in [4.69, 9.17) is 0 Å². The highest BCUT2D eigenvalue weighted by atomic mass is 16.1. The van der Waals surface area contributed by atoms with Crippen molar-refractivity contribution in [2.24, 2.45) is 0 Å². The zero-order valence-corrected chi connectivity index (χ0v) is 11.4. The molecule has 3 nitrogen and oxygen atoms in total. The van der Waals surface area contributed by atoms with Crippen LogP contribution in [0.4, 0.5) is 5.69 Å². The molecule has 1 aliphatic rings. The number of nitrogens with zero attached hydrogens (tertiary/aromatic N) is 2. The van der Waals surface area contributed by atoms with Crippen molar-refractivity contribution in [2.45, 2.75) is 20.3 Å².